The fourth-order valence-electron chi connectivity index (χ4n) is 4.74. The molecule has 2 aromatic heterocycles. The fourth-order valence-corrected chi connectivity index (χ4v) is 5.06. The Morgan fingerprint density at radius 2 is 1.92 bits per heavy atom. The molecule has 11 heteroatoms. The monoisotopic (exact) mass is 537 g/mol. The van der Waals surface area contributed by atoms with Gasteiger partial charge in [-0.1, -0.05) is 31.4 Å². The predicted molar refractivity (Wildman–Crippen MR) is 141 cm³/mol. The van der Waals surface area contributed by atoms with Crippen molar-refractivity contribution in [1.82, 2.24) is 20.1 Å². The third-order valence-electron chi connectivity index (χ3n) is 7.14. The summed E-state index contributed by atoms with van der Waals surface area (Å²) in [5.41, 5.74) is 1.63. The summed E-state index contributed by atoms with van der Waals surface area (Å²) < 4.78 is 24.0. The molecule has 0 aromatic carbocycles. The normalized spacial score (nSPS) is 20.0. The maximum Gasteiger partial charge on any atom is 0.335 e. The van der Waals surface area contributed by atoms with E-state index in [9.17, 15) is 4.79 Å². The van der Waals surface area contributed by atoms with Gasteiger partial charge in [0.2, 0.25) is 0 Å². The molecule has 1 amide bonds. The molecule has 2 N–H and O–H groups in total. The van der Waals surface area contributed by atoms with Gasteiger partial charge >= 0.3 is 11.6 Å². The summed E-state index contributed by atoms with van der Waals surface area (Å²) in [7, 11) is 1.63. The molecule has 2 fully saturated rings. The lowest BCUT2D eigenvalue weighted by atomic mass is 9.83. The fraction of sp³-hybridized carbons (Fsp3) is 0.640. The number of halogens is 1. The van der Waals surface area contributed by atoms with Crippen LogP contribution in [-0.2, 0) is 18.1 Å². The summed E-state index contributed by atoms with van der Waals surface area (Å²) in [5, 5.41) is 11.4. The second-order valence-electron chi connectivity index (χ2n) is 9.77. The van der Waals surface area contributed by atoms with Gasteiger partial charge in [-0.05, 0) is 57.3 Å². The van der Waals surface area contributed by atoms with Crippen molar-refractivity contribution in [3.8, 4) is 17.0 Å². The second kappa shape index (κ2) is 13.2. The highest BCUT2D eigenvalue weighted by molar-refractivity contribution is 7.51. The van der Waals surface area contributed by atoms with Gasteiger partial charge in [-0.3, -0.25) is 9.48 Å². The van der Waals surface area contributed by atoms with Gasteiger partial charge in [0.15, 0.2) is 5.69 Å². The van der Waals surface area contributed by atoms with Crippen LogP contribution >= 0.6 is 11.6 Å². The first kappa shape index (κ1) is 28.1. The molecule has 36 heavy (non-hydrogen) atoms. The van der Waals surface area contributed by atoms with Gasteiger partial charge in [0.25, 0.3) is 5.91 Å². The lowest BCUT2D eigenvalue weighted by molar-refractivity contribution is 0.0936. The lowest BCUT2D eigenvalue weighted by Gasteiger charge is -2.26. The Balaban J connectivity index is 0.00000115. The molecule has 0 aliphatic heterocycles. The van der Waals surface area contributed by atoms with E-state index in [1.807, 2.05) is 13.0 Å². The maximum atomic E-state index is 13.0. The number of ether oxygens (including phenoxy) is 1. The standard InChI is InChI=1S/C25H36ClN5O2.O2S/c1-5-31-24(19-14-27-21(12-20(19)33-4)29-16(3)18-10-11-18)22(26)23(30-31)25(32)28-13-17-8-6-15(2)7-9-17;1-3-2/h12,14-18H,5-11,13H2,1-4H3,(H,27,29)(H,28,32);/t15?,16-,17?;/m0./s1. The quantitative estimate of drug-likeness (QED) is 0.475. The van der Waals surface area contributed by atoms with Crippen LogP contribution in [0.25, 0.3) is 11.3 Å². The number of nitrogens with zero attached hydrogens (tertiary/aromatic N) is 3. The van der Waals surface area contributed by atoms with E-state index in [2.05, 4.69) is 34.6 Å². The Kier molecular flexibility index (Phi) is 10.3. The van der Waals surface area contributed by atoms with Crippen LogP contribution in [-0.4, -0.2) is 48.8 Å². The van der Waals surface area contributed by atoms with E-state index in [-0.39, 0.29) is 11.6 Å². The number of hydrogen-bond acceptors (Lipinski definition) is 7. The molecule has 2 aliphatic carbocycles. The largest absolute Gasteiger partial charge is 0.496 e. The minimum Gasteiger partial charge on any atom is -0.496 e. The SMILES string of the molecule is CCn1nc(C(=O)NCC2CCC(C)CC2)c(Cl)c1-c1cnc(N[C@@H](C)C2CC2)cc1OC.O=S=O. The van der Waals surface area contributed by atoms with Crippen LogP contribution in [0, 0.1) is 17.8 Å². The van der Waals surface area contributed by atoms with E-state index in [0.717, 1.165) is 30.1 Å². The van der Waals surface area contributed by atoms with Crippen molar-refractivity contribution in [2.75, 3.05) is 19.0 Å². The summed E-state index contributed by atoms with van der Waals surface area (Å²) in [6.07, 6.45) is 9.05. The average Bonchev–Trinajstić information content (AvgIpc) is 3.67. The van der Waals surface area contributed by atoms with Crippen molar-refractivity contribution in [3.05, 3.63) is 23.0 Å². The van der Waals surface area contributed by atoms with Crippen LogP contribution in [0.2, 0.25) is 5.02 Å². The molecule has 198 valence electrons. The zero-order valence-corrected chi connectivity index (χ0v) is 23.0. The molecule has 1 atom stereocenters. The van der Waals surface area contributed by atoms with Crippen molar-refractivity contribution < 1.29 is 17.9 Å². The first-order chi connectivity index (χ1) is 17.3. The molecule has 0 bridgehead atoms. The van der Waals surface area contributed by atoms with E-state index in [0.29, 0.717) is 47.4 Å². The molecule has 0 radical (unpaired) electrons. The van der Waals surface area contributed by atoms with Crippen molar-refractivity contribution >= 4 is 34.9 Å². The van der Waals surface area contributed by atoms with Crippen molar-refractivity contribution in [2.45, 2.75) is 71.9 Å². The number of amides is 1. The van der Waals surface area contributed by atoms with Crippen LogP contribution in [0.4, 0.5) is 5.82 Å². The molecule has 9 nitrogen and oxygen atoms in total. The van der Waals surface area contributed by atoms with E-state index < -0.39 is 11.6 Å². The number of aryl methyl sites for hydroxylation is 1. The van der Waals surface area contributed by atoms with Gasteiger partial charge < -0.3 is 15.4 Å². The zero-order valence-electron chi connectivity index (χ0n) is 21.4. The van der Waals surface area contributed by atoms with Crippen LogP contribution in [0.3, 0.4) is 0 Å². The van der Waals surface area contributed by atoms with Crippen LogP contribution in [0.1, 0.15) is 69.8 Å². The number of carbonyl (C=O) groups is 1. The van der Waals surface area contributed by atoms with Crippen molar-refractivity contribution in [3.63, 3.8) is 0 Å². The van der Waals surface area contributed by atoms with E-state index >= 15 is 0 Å². The Labute approximate surface area is 221 Å². The highest BCUT2D eigenvalue weighted by Crippen LogP contribution is 2.39. The molecule has 0 spiro atoms. The van der Waals surface area contributed by atoms with Crippen LogP contribution in [0.5, 0.6) is 5.75 Å². The number of anilines is 1. The highest BCUT2D eigenvalue weighted by atomic mass is 35.5. The number of rotatable bonds is 9. The molecule has 2 saturated carbocycles. The van der Waals surface area contributed by atoms with Crippen LogP contribution < -0.4 is 15.4 Å². The molecule has 0 unspecified atom stereocenters. The molecule has 2 heterocycles. The van der Waals surface area contributed by atoms with Gasteiger partial charge in [0.05, 0.1) is 23.4 Å². The second-order valence-corrected chi connectivity index (χ2v) is 10.3. The maximum absolute atomic E-state index is 13.0. The minimum absolute atomic E-state index is 0.226. The Morgan fingerprint density at radius 1 is 1.25 bits per heavy atom. The summed E-state index contributed by atoms with van der Waals surface area (Å²) in [4.78, 5) is 17.6. The highest BCUT2D eigenvalue weighted by Gasteiger charge is 2.29. The van der Waals surface area contributed by atoms with E-state index in [4.69, 9.17) is 24.8 Å². The molecule has 2 aromatic rings. The Bertz CT molecular complexity index is 1080. The van der Waals surface area contributed by atoms with Crippen molar-refractivity contribution in [1.29, 1.82) is 0 Å². The Hall–Kier alpha value is -2.46. The third kappa shape index (κ3) is 7.06. The summed E-state index contributed by atoms with van der Waals surface area (Å²) in [5.74, 6) is 3.22. The van der Waals surface area contributed by atoms with Crippen LogP contribution in [0.15, 0.2) is 12.3 Å². The Morgan fingerprint density at radius 3 is 2.50 bits per heavy atom. The predicted octanol–water partition coefficient (Wildman–Crippen LogP) is 4.72. The van der Waals surface area contributed by atoms with E-state index in [1.54, 1.807) is 18.0 Å². The van der Waals surface area contributed by atoms with Gasteiger partial charge in [-0.25, -0.2) is 4.98 Å². The number of hydrogen-bond donors (Lipinski definition) is 2. The number of carbonyl (C=O) groups excluding carboxylic acids is 1. The van der Waals surface area contributed by atoms with Crippen molar-refractivity contribution in [2.24, 2.45) is 17.8 Å². The molecule has 4 rings (SSSR count). The first-order valence-corrected chi connectivity index (χ1v) is 13.6. The van der Waals surface area contributed by atoms with Gasteiger partial charge in [-0.15, -0.1) is 0 Å². The average molecular weight is 538 g/mol. The third-order valence-corrected chi connectivity index (χ3v) is 7.50. The lowest BCUT2D eigenvalue weighted by Crippen LogP contribution is -2.31. The number of nitrogens with one attached hydrogen (secondary N) is 2. The number of aromatic nitrogens is 3. The van der Waals surface area contributed by atoms with E-state index in [1.165, 1.54) is 25.7 Å². The smallest absolute Gasteiger partial charge is 0.335 e. The summed E-state index contributed by atoms with van der Waals surface area (Å²) >= 11 is 5.99. The molecule has 2 aliphatic rings. The first-order valence-electron chi connectivity index (χ1n) is 12.6. The van der Waals surface area contributed by atoms with Gasteiger partial charge in [-0.2, -0.15) is 13.5 Å². The van der Waals surface area contributed by atoms with Gasteiger partial charge in [0, 0.05) is 31.4 Å². The molecular formula is C25H36ClN5O4S. The van der Waals surface area contributed by atoms with Gasteiger partial charge in [0.1, 0.15) is 11.6 Å². The summed E-state index contributed by atoms with van der Waals surface area (Å²) in [6.45, 7) is 7.70. The topological polar surface area (TPSA) is 115 Å². The number of methoxy groups -OCH3 is 1. The minimum atomic E-state index is -0.750. The summed E-state index contributed by atoms with van der Waals surface area (Å²) in [6, 6.07) is 2.27. The molecule has 0 saturated heterocycles. The zero-order chi connectivity index (χ0) is 26.2. The molecular weight excluding hydrogens is 502 g/mol. The number of pyridine rings is 1.